The van der Waals surface area contributed by atoms with E-state index in [1.165, 1.54) is 0 Å². The molecule has 3 aromatic rings. The Hall–Kier alpha value is -3.22. The van der Waals surface area contributed by atoms with E-state index in [-0.39, 0.29) is 11.9 Å². The highest BCUT2D eigenvalue weighted by atomic mass is 16.1. The maximum atomic E-state index is 12.6. The summed E-state index contributed by atoms with van der Waals surface area (Å²) in [6, 6.07) is 13.1. The molecule has 7 heteroatoms. The summed E-state index contributed by atoms with van der Waals surface area (Å²) < 4.78 is 1.79. The first-order chi connectivity index (χ1) is 13.0. The van der Waals surface area contributed by atoms with Crippen molar-refractivity contribution in [3.8, 4) is 11.3 Å². The Balaban J connectivity index is 1.72. The van der Waals surface area contributed by atoms with Gasteiger partial charge in [0.25, 0.3) is 5.91 Å². The second-order valence-corrected chi connectivity index (χ2v) is 6.56. The summed E-state index contributed by atoms with van der Waals surface area (Å²) in [5.41, 5.74) is 3.29. The number of carbonyl (C=O) groups excluding carboxylic acids is 1. The molecule has 1 N–H and O–H groups in total. The highest BCUT2D eigenvalue weighted by Crippen LogP contribution is 2.20. The van der Waals surface area contributed by atoms with Crippen LogP contribution in [0, 0.1) is 0 Å². The molecule has 0 saturated heterocycles. The van der Waals surface area contributed by atoms with Crippen molar-refractivity contribution in [3.05, 3.63) is 59.9 Å². The molecule has 0 radical (unpaired) electrons. The van der Waals surface area contributed by atoms with E-state index in [1.54, 1.807) is 10.9 Å². The zero-order valence-electron chi connectivity index (χ0n) is 16.0. The average Bonchev–Trinajstić information content (AvgIpc) is 3.12. The van der Waals surface area contributed by atoms with Crippen LogP contribution in [0.25, 0.3) is 11.3 Å². The van der Waals surface area contributed by atoms with Crippen molar-refractivity contribution >= 4 is 11.7 Å². The van der Waals surface area contributed by atoms with Crippen LogP contribution >= 0.6 is 0 Å². The number of anilines is 1. The van der Waals surface area contributed by atoms with E-state index in [1.807, 2.05) is 75.4 Å². The van der Waals surface area contributed by atoms with Gasteiger partial charge in [-0.3, -0.25) is 9.48 Å². The fourth-order valence-corrected chi connectivity index (χ4v) is 2.86. The number of carbonyl (C=O) groups is 1. The van der Waals surface area contributed by atoms with Gasteiger partial charge in [0.15, 0.2) is 5.82 Å². The number of amides is 1. The molecule has 0 fully saturated rings. The zero-order chi connectivity index (χ0) is 19.4. The summed E-state index contributed by atoms with van der Waals surface area (Å²) in [6.45, 7) is 2.04. The van der Waals surface area contributed by atoms with E-state index < -0.39 is 0 Å². The van der Waals surface area contributed by atoms with Crippen molar-refractivity contribution in [1.82, 2.24) is 25.3 Å². The van der Waals surface area contributed by atoms with Gasteiger partial charge in [-0.2, -0.15) is 5.10 Å². The largest absolute Gasteiger partial charge is 0.361 e. The molecule has 1 atom stereocenters. The molecule has 3 rings (SSSR count). The summed E-state index contributed by atoms with van der Waals surface area (Å²) in [4.78, 5) is 14.5. The number of nitrogens with one attached hydrogen (secondary N) is 1. The van der Waals surface area contributed by atoms with Crippen LogP contribution in [0.4, 0.5) is 5.82 Å². The molecule has 0 aliphatic carbocycles. The maximum Gasteiger partial charge on any atom is 0.251 e. The van der Waals surface area contributed by atoms with Gasteiger partial charge < -0.3 is 10.2 Å². The van der Waals surface area contributed by atoms with Gasteiger partial charge in [0.05, 0.1) is 17.4 Å². The number of aromatic nitrogens is 4. The normalized spacial score (nSPS) is 11.9. The molecule has 27 heavy (non-hydrogen) atoms. The number of rotatable bonds is 6. The van der Waals surface area contributed by atoms with Crippen LogP contribution in [0.2, 0.25) is 0 Å². The Bertz CT molecular complexity index is 899. The van der Waals surface area contributed by atoms with Crippen molar-refractivity contribution in [2.75, 3.05) is 19.0 Å². The van der Waals surface area contributed by atoms with Gasteiger partial charge >= 0.3 is 0 Å². The predicted octanol–water partition coefficient (Wildman–Crippen LogP) is 2.82. The summed E-state index contributed by atoms with van der Waals surface area (Å²) in [7, 11) is 5.72. The SMILES string of the molecule is CC[C@@H](NC(=O)c1ccc(-c2ccc(N(C)C)nn2)cc1)c1ccnn1C. The van der Waals surface area contributed by atoms with Crippen molar-refractivity contribution < 1.29 is 4.79 Å². The topological polar surface area (TPSA) is 75.9 Å². The van der Waals surface area contributed by atoms with Gasteiger partial charge in [-0.1, -0.05) is 19.1 Å². The van der Waals surface area contributed by atoms with E-state index in [9.17, 15) is 4.79 Å². The van der Waals surface area contributed by atoms with Gasteiger partial charge in [-0.05, 0) is 36.8 Å². The quantitative estimate of drug-likeness (QED) is 0.728. The third-order valence-electron chi connectivity index (χ3n) is 4.48. The van der Waals surface area contributed by atoms with E-state index in [2.05, 4.69) is 20.6 Å². The van der Waals surface area contributed by atoms with Crippen LogP contribution < -0.4 is 10.2 Å². The second kappa shape index (κ2) is 7.99. The lowest BCUT2D eigenvalue weighted by atomic mass is 10.1. The lowest BCUT2D eigenvalue weighted by Gasteiger charge is -2.17. The molecule has 2 aromatic heterocycles. The molecule has 2 heterocycles. The Kier molecular flexibility index (Phi) is 5.49. The van der Waals surface area contributed by atoms with Gasteiger partial charge in [0, 0.05) is 38.5 Å². The minimum atomic E-state index is -0.108. The number of aryl methyl sites for hydroxylation is 1. The van der Waals surface area contributed by atoms with Crippen LogP contribution in [-0.2, 0) is 7.05 Å². The highest BCUT2D eigenvalue weighted by Gasteiger charge is 2.17. The molecule has 0 aliphatic heterocycles. The molecule has 0 spiro atoms. The number of benzene rings is 1. The molecule has 7 nitrogen and oxygen atoms in total. The average molecular weight is 364 g/mol. The molecule has 0 bridgehead atoms. The monoisotopic (exact) mass is 364 g/mol. The van der Waals surface area contributed by atoms with Gasteiger partial charge in [0.2, 0.25) is 0 Å². The standard InChI is InChI=1S/C20H24N6O/c1-5-16(18-12-13-21-26(18)4)22-20(27)15-8-6-14(7-9-15)17-10-11-19(24-23-17)25(2)3/h6-13,16H,5H2,1-4H3,(H,22,27)/t16-/m1/s1. The molecule has 1 amide bonds. The number of nitrogens with zero attached hydrogens (tertiary/aromatic N) is 5. The van der Waals surface area contributed by atoms with Crippen LogP contribution in [0.5, 0.6) is 0 Å². The molecular formula is C20H24N6O. The van der Waals surface area contributed by atoms with E-state index >= 15 is 0 Å². The van der Waals surface area contributed by atoms with Gasteiger partial charge in [-0.25, -0.2) is 0 Å². The summed E-state index contributed by atoms with van der Waals surface area (Å²) in [5, 5.41) is 15.7. The van der Waals surface area contributed by atoms with E-state index in [0.717, 1.165) is 29.2 Å². The first kappa shape index (κ1) is 18.6. The van der Waals surface area contributed by atoms with Crippen LogP contribution in [0.3, 0.4) is 0 Å². The minimum absolute atomic E-state index is 0.0749. The predicted molar refractivity (Wildman–Crippen MR) is 106 cm³/mol. The Labute approximate surface area is 159 Å². The second-order valence-electron chi connectivity index (χ2n) is 6.56. The van der Waals surface area contributed by atoms with E-state index in [4.69, 9.17) is 0 Å². The molecule has 0 aliphatic rings. The molecule has 0 saturated carbocycles. The van der Waals surface area contributed by atoms with Crippen molar-refractivity contribution in [2.45, 2.75) is 19.4 Å². The summed E-state index contributed by atoms with van der Waals surface area (Å²) in [5.74, 6) is 0.694. The van der Waals surface area contributed by atoms with Crippen molar-refractivity contribution in [1.29, 1.82) is 0 Å². The third-order valence-corrected chi connectivity index (χ3v) is 4.48. The van der Waals surface area contributed by atoms with Gasteiger partial charge in [-0.15, -0.1) is 10.2 Å². The first-order valence-electron chi connectivity index (χ1n) is 8.90. The summed E-state index contributed by atoms with van der Waals surface area (Å²) >= 11 is 0. The molecular weight excluding hydrogens is 340 g/mol. The van der Waals surface area contributed by atoms with Crippen LogP contribution in [0.15, 0.2) is 48.7 Å². The number of hydrogen-bond donors (Lipinski definition) is 1. The lowest BCUT2D eigenvalue weighted by Crippen LogP contribution is -2.29. The fourth-order valence-electron chi connectivity index (χ4n) is 2.86. The zero-order valence-corrected chi connectivity index (χ0v) is 16.0. The number of hydrogen-bond acceptors (Lipinski definition) is 5. The Morgan fingerprint density at radius 3 is 2.37 bits per heavy atom. The molecule has 0 unspecified atom stereocenters. The van der Waals surface area contributed by atoms with Crippen LogP contribution in [0.1, 0.15) is 35.4 Å². The van der Waals surface area contributed by atoms with Gasteiger partial charge in [0.1, 0.15) is 0 Å². The fraction of sp³-hybridized carbons (Fsp3) is 0.300. The first-order valence-corrected chi connectivity index (χ1v) is 8.90. The smallest absolute Gasteiger partial charge is 0.251 e. The molecule has 140 valence electrons. The Morgan fingerprint density at radius 1 is 1.11 bits per heavy atom. The van der Waals surface area contributed by atoms with E-state index in [0.29, 0.717) is 5.56 Å². The third kappa shape index (κ3) is 4.13. The maximum absolute atomic E-state index is 12.6. The highest BCUT2D eigenvalue weighted by molar-refractivity contribution is 5.94. The summed E-state index contributed by atoms with van der Waals surface area (Å²) in [6.07, 6.45) is 2.53. The minimum Gasteiger partial charge on any atom is -0.361 e. The Morgan fingerprint density at radius 2 is 1.85 bits per heavy atom. The van der Waals surface area contributed by atoms with Crippen molar-refractivity contribution in [2.24, 2.45) is 7.05 Å². The molecule has 1 aromatic carbocycles. The van der Waals surface area contributed by atoms with Crippen molar-refractivity contribution in [3.63, 3.8) is 0 Å². The lowest BCUT2D eigenvalue weighted by molar-refractivity contribution is 0.0934. The van der Waals surface area contributed by atoms with Crippen LogP contribution in [-0.4, -0.2) is 40.0 Å².